The summed E-state index contributed by atoms with van der Waals surface area (Å²) in [4.78, 5) is 0. The quantitative estimate of drug-likeness (QED) is 0.609. The summed E-state index contributed by atoms with van der Waals surface area (Å²) in [5.41, 5.74) is 0. The number of hydrogen-bond donors (Lipinski definition) is 0. The zero-order valence-electron chi connectivity index (χ0n) is 14.6. The molecule has 144 valence electrons. The van der Waals surface area contributed by atoms with Crippen LogP contribution in [0.25, 0.3) is 0 Å². The molecule has 2 aliphatic heterocycles. The molecule has 0 aromatic rings. The number of rotatable bonds is 0. The van der Waals surface area contributed by atoms with Gasteiger partial charge in [-0.25, -0.2) is 0 Å². The van der Waals surface area contributed by atoms with Crippen molar-refractivity contribution in [2.75, 3.05) is 106 Å². The van der Waals surface area contributed by atoms with Gasteiger partial charge in [0.05, 0.1) is 106 Å². The van der Waals surface area contributed by atoms with Crippen LogP contribution in [0.4, 0.5) is 0 Å². The average Bonchev–Trinajstić information content (AvgIpc) is 2.64. The highest BCUT2D eigenvalue weighted by Gasteiger charge is 1.96. The molecular formula is C16H32O8. The van der Waals surface area contributed by atoms with Crippen molar-refractivity contribution in [3.05, 3.63) is 0 Å². The zero-order valence-corrected chi connectivity index (χ0v) is 14.6. The van der Waals surface area contributed by atoms with E-state index in [2.05, 4.69) is 0 Å². The third kappa shape index (κ3) is 16.5. The minimum atomic E-state index is 0.586. The maximum absolute atomic E-state index is 5.33. The molecule has 0 saturated carbocycles. The Morgan fingerprint density at radius 2 is 0.250 bits per heavy atom. The molecule has 24 heavy (non-hydrogen) atoms. The largest absolute Gasteiger partial charge is 0.377 e. The normalized spacial score (nSPS) is 24.0. The van der Waals surface area contributed by atoms with E-state index >= 15 is 0 Å². The van der Waals surface area contributed by atoms with Crippen LogP contribution < -0.4 is 0 Å². The first-order chi connectivity index (χ1) is 12.0. The zero-order chi connectivity index (χ0) is 17.0. The van der Waals surface area contributed by atoms with Gasteiger partial charge in [-0.1, -0.05) is 0 Å². The minimum Gasteiger partial charge on any atom is -0.377 e. The Bertz CT molecular complexity index is 152. The summed E-state index contributed by atoms with van der Waals surface area (Å²) in [5, 5.41) is 0. The van der Waals surface area contributed by atoms with Gasteiger partial charge >= 0.3 is 0 Å². The topological polar surface area (TPSA) is 73.8 Å². The molecule has 0 N–H and O–H groups in total. The molecule has 0 amide bonds. The average molecular weight is 352 g/mol. The van der Waals surface area contributed by atoms with E-state index < -0.39 is 0 Å². The van der Waals surface area contributed by atoms with Crippen molar-refractivity contribution < 1.29 is 37.9 Å². The fraction of sp³-hybridized carbons (Fsp3) is 1.00. The van der Waals surface area contributed by atoms with Crippen LogP contribution in [-0.2, 0) is 37.9 Å². The van der Waals surface area contributed by atoms with Crippen LogP contribution in [0.1, 0.15) is 0 Å². The van der Waals surface area contributed by atoms with Crippen molar-refractivity contribution in [3.63, 3.8) is 0 Å². The second-order valence-corrected chi connectivity index (χ2v) is 4.90. The van der Waals surface area contributed by atoms with Gasteiger partial charge in [-0.2, -0.15) is 0 Å². The summed E-state index contributed by atoms with van der Waals surface area (Å²) >= 11 is 0. The van der Waals surface area contributed by atoms with E-state index in [0.717, 1.165) is 26.4 Å². The lowest BCUT2D eigenvalue weighted by Crippen LogP contribution is -2.16. The molecule has 8 heteroatoms. The Kier molecular flexibility index (Phi) is 17.2. The lowest BCUT2D eigenvalue weighted by atomic mass is 10.6. The molecule has 2 heterocycles. The maximum Gasteiger partial charge on any atom is 0.0701 e. The van der Waals surface area contributed by atoms with Gasteiger partial charge in [-0.3, -0.25) is 0 Å². The summed E-state index contributed by atoms with van der Waals surface area (Å²) < 4.78 is 41.9. The van der Waals surface area contributed by atoms with Crippen molar-refractivity contribution in [3.8, 4) is 0 Å². The van der Waals surface area contributed by atoms with Gasteiger partial charge in [-0.05, 0) is 0 Å². The van der Waals surface area contributed by atoms with Crippen LogP contribution in [0, 0.1) is 0 Å². The molecule has 2 saturated heterocycles. The third-order valence-corrected chi connectivity index (χ3v) is 2.98. The molecule has 2 fully saturated rings. The molecule has 0 atom stereocenters. The van der Waals surface area contributed by atoms with Crippen molar-refractivity contribution in [1.29, 1.82) is 0 Å². The Hall–Kier alpha value is -0.320. The minimum absolute atomic E-state index is 0.586. The summed E-state index contributed by atoms with van der Waals surface area (Å²) in [6.45, 7) is 10.1. The van der Waals surface area contributed by atoms with E-state index in [0.29, 0.717) is 79.3 Å². The highest BCUT2D eigenvalue weighted by Crippen LogP contribution is 1.86. The molecule has 0 bridgehead atoms. The molecule has 0 unspecified atom stereocenters. The smallest absolute Gasteiger partial charge is 0.0701 e. The van der Waals surface area contributed by atoms with Crippen molar-refractivity contribution >= 4 is 0 Å². The Morgan fingerprint density at radius 1 is 0.167 bits per heavy atom. The van der Waals surface area contributed by atoms with Crippen molar-refractivity contribution in [1.82, 2.24) is 0 Å². The summed E-state index contributed by atoms with van der Waals surface area (Å²) in [5.74, 6) is 0. The van der Waals surface area contributed by atoms with Gasteiger partial charge in [-0.15, -0.1) is 0 Å². The molecule has 0 radical (unpaired) electrons. The second kappa shape index (κ2) is 19.0. The van der Waals surface area contributed by atoms with E-state index in [4.69, 9.17) is 37.9 Å². The Morgan fingerprint density at radius 3 is 0.333 bits per heavy atom. The molecule has 2 aliphatic rings. The standard InChI is InChI=1S/C12H24O6.C4H8O2/c1-2-14-5-6-16-9-10-18-12-11-17-8-7-15-4-3-13-1;1-2-6-4-3-5-1/h1-12H2;1-4H2. The van der Waals surface area contributed by atoms with Gasteiger partial charge < -0.3 is 37.9 Å². The van der Waals surface area contributed by atoms with E-state index in [-0.39, 0.29) is 0 Å². The van der Waals surface area contributed by atoms with Gasteiger partial charge in [0.2, 0.25) is 0 Å². The van der Waals surface area contributed by atoms with Crippen molar-refractivity contribution in [2.24, 2.45) is 0 Å². The van der Waals surface area contributed by atoms with E-state index in [1.54, 1.807) is 0 Å². The molecule has 8 nitrogen and oxygen atoms in total. The van der Waals surface area contributed by atoms with Gasteiger partial charge in [0.15, 0.2) is 0 Å². The summed E-state index contributed by atoms with van der Waals surface area (Å²) in [7, 11) is 0. The molecule has 0 spiro atoms. The second-order valence-electron chi connectivity index (χ2n) is 4.90. The van der Waals surface area contributed by atoms with Crippen LogP contribution >= 0.6 is 0 Å². The highest BCUT2D eigenvalue weighted by atomic mass is 16.6. The Balaban J connectivity index is 0.000000400. The maximum atomic E-state index is 5.33. The molecule has 0 aromatic heterocycles. The number of hydrogen-bond acceptors (Lipinski definition) is 8. The van der Waals surface area contributed by atoms with E-state index in [1.807, 2.05) is 0 Å². The third-order valence-electron chi connectivity index (χ3n) is 2.98. The first-order valence-electron chi connectivity index (χ1n) is 8.62. The van der Waals surface area contributed by atoms with E-state index in [1.165, 1.54) is 0 Å². The fourth-order valence-corrected chi connectivity index (χ4v) is 1.76. The first-order valence-corrected chi connectivity index (χ1v) is 8.62. The first kappa shape index (κ1) is 21.7. The molecular weight excluding hydrogens is 320 g/mol. The lowest BCUT2D eigenvalue weighted by Gasteiger charge is -2.09. The van der Waals surface area contributed by atoms with Crippen LogP contribution in [0.3, 0.4) is 0 Å². The molecule has 0 aliphatic carbocycles. The SMILES string of the molecule is C1COCCO1.C1COCCOCCOCCOCCOCCO1. The predicted molar refractivity (Wildman–Crippen MR) is 86.6 cm³/mol. The van der Waals surface area contributed by atoms with Gasteiger partial charge in [0, 0.05) is 0 Å². The van der Waals surface area contributed by atoms with Gasteiger partial charge in [0.1, 0.15) is 0 Å². The number of ether oxygens (including phenoxy) is 8. The molecule has 0 aromatic carbocycles. The van der Waals surface area contributed by atoms with Crippen LogP contribution in [-0.4, -0.2) is 106 Å². The predicted octanol–water partition coefficient (Wildman–Crippen LogP) is 0.133. The highest BCUT2D eigenvalue weighted by molar-refractivity contribution is 4.38. The van der Waals surface area contributed by atoms with Gasteiger partial charge in [0.25, 0.3) is 0 Å². The monoisotopic (exact) mass is 352 g/mol. The fourth-order valence-electron chi connectivity index (χ4n) is 1.76. The van der Waals surface area contributed by atoms with Crippen LogP contribution in [0.5, 0.6) is 0 Å². The van der Waals surface area contributed by atoms with E-state index in [9.17, 15) is 0 Å². The summed E-state index contributed by atoms with van der Waals surface area (Å²) in [6, 6.07) is 0. The van der Waals surface area contributed by atoms with Crippen LogP contribution in [0.2, 0.25) is 0 Å². The molecule has 2 rings (SSSR count). The lowest BCUT2D eigenvalue weighted by molar-refractivity contribution is -0.0334. The van der Waals surface area contributed by atoms with Crippen LogP contribution in [0.15, 0.2) is 0 Å². The summed E-state index contributed by atoms with van der Waals surface area (Å²) in [6.07, 6.45) is 0. The van der Waals surface area contributed by atoms with Crippen molar-refractivity contribution in [2.45, 2.75) is 0 Å². The Labute approximate surface area is 144 Å².